The van der Waals surface area contributed by atoms with Gasteiger partial charge < -0.3 is 16.4 Å². The van der Waals surface area contributed by atoms with Gasteiger partial charge in [-0.25, -0.2) is 0 Å². The first-order valence-corrected chi connectivity index (χ1v) is 9.42. The van der Waals surface area contributed by atoms with Gasteiger partial charge in [0.15, 0.2) is 0 Å². The molecule has 0 saturated heterocycles. The maximum Gasteiger partial charge on any atom is 0.255 e. The summed E-state index contributed by atoms with van der Waals surface area (Å²) in [6.45, 7) is 0.549. The van der Waals surface area contributed by atoms with Gasteiger partial charge in [0.25, 0.3) is 5.91 Å². The van der Waals surface area contributed by atoms with Gasteiger partial charge in [0.05, 0.1) is 11.9 Å². The number of nitrogens with zero attached hydrogens (tertiary/aromatic N) is 1. The fraction of sp³-hybridized carbons (Fsp3) is 0.381. The Kier molecular flexibility index (Phi) is 10.1. The van der Waals surface area contributed by atoms with Crippen LogP contribution in [0.2, 0.25) is 0 Å². The Bertz CT molecular complexity index is 779. The molecule has 0 unspecified atom stereocenters. The summed E-state index contributed by atoms with van der Waals surface area (Å²) in [5, 5.41) is 5.71. The van der Waals surface area contributed by atoms with E-state index in [-0.39, 0.29) is 42.0 Å². The third-order valence-corrected chi connectivity index (χ3v) is 5.23. The van der Waals surface area contributed by atoms with Crippen LogP contribution in [-0.4, -0.2) is 23.3 Å². The number of rotatable bonds is 6. The third-order valence-electron chi connectivity index (χ3n) is 5.23. The molecule has 6 nitrogen and oxygen atoms in total. The number of carbonyl (C=O) groups is 2. The zero-order chi connectivity index (χ0) is 19.1. The highest BCUT2D eigenvalue weighted by Gasteiger charge is 2.32. The van der Waals surface area contributed by atoms with Crippen LogP contribution in [-0.2, 0) is 4.79 Å². The molecule has 0 radical (unpaired) electrons. The minimum absolute atomic E-state index is 0. The van der Waals surface area contributed by atoms with Crippen molar-refractivity contribution in [3.63, 3.8) is 0 Å². The molecule has 0 atom stereocenters. The molecule has 4 N–H and O–H groups in total. The average molecular weight is 439 g/mol. The van der Waals surface area contributed by atoms with Crippen LogP contribution in [0.4, 0.5) is 11.4 Å². The maximum atomic E-state index is 12.5. The van der Waals surface area contributed by atoms with E-state index in [1.54, 1.807) is 48.8 Å². The molecule has 2 amide bonds. The zero-order valence-electron chi connectivity index (χ0n) is 16.2. The first-order valence-electron chi connectivity index (χ1n) is 9.42. The van der Waals surface area contributed by atoms with Crippen molar-refractivity contribution < 1.29 is 9.59 Å². The van der Waals surface area contributed by atoms with Crippen molar-refractivity contribution in [1.29, 1.82) is 0 Å². The van der Waals surface area contributed by atoms with E-state index >= 15 is 0 Å². The summed E-state index contributed by atoms with van der Waals surface area (Å²) < 4.78 is 0. The minimum atomic E-state index is -0.217. The van der Waals surface area contributed by atoms with Gasteiger partial charge in [-0.1, -0.05) is 19.3 Å². The summed E-state index contributed by atoms with van der Waals surface area (Å²) in [6, 6.07) is 10.4. The summed E-state index contributed by atoms with van der Waals surface area (Å²) in [6.07, 6.45) is 9.24. The third kappa shape index (κ3) is 6.99. The van der Waals surface area contributed by atoms with Crippen molar-refractivity contribution in [2.24, 2.45) is 11.1 Å². The molecule has 1 aliphatic carbocycles. The van der Waals surface area contributed by atoms with E-state index < -0.39 is 0 Å². The van der Waals surface area contributed by atoms with E-state index in [1.807, 2.05) is 0 Å². The van der Waals surface area contributed by atoms with E-state index in [9.17, 15) is 9.59 Å². The summed E-state index contributed by atoms with van der Waals surface area (Å²) in [4.78, 5) is 28.7. The summed E-state index contributed by atoms with van der Waals surface area (Å²) in [7, 11) is 0. The van der Waals surface area contributed by atoms with Crippen LogP contribution in [0, 0.1) is 5.41 Å². The molecule has 1 saturated carbocycles. The van der Waals surface area contributed by atoms with Crippen LogP contribution in [0.3, 0.4) is 0 Å². The predicted octanol–water partition coefficient (Wildman–Crippen LogP) is 4.42. The lowest BCUT2D eigenvalue weighted by Crippen LogP contribution is -2.36. The number of pyridine rings is 1. The van der Waals surface area contributed by atoms with E-state index in [1.165, 1.54) is 6.42 Å². The second-order valence-electron chi connectivity index (χ2n) is 7.26. The highest BCUT2D eigenvalue weighted by Crippen LogP contribution is 2.38. The van der Waals surface area contributed by atoms with Crippen LogP contribution in [0.25, 0.3) is 0 Å². The summed E-state index contributed by atoms with van der Waals surface area (Å²) >= 11 is 0. The van der Waals surface area contributed by atoms with Gasteiger partial charge in [0.1, 0.15) is 0 Å². The van der Waals surface area contributed by atoms with Crippen molar-refractivity contribution in [2.75, 3.05) is 17.2 Å². The molecule has 1 heterocycles. The second-order valence-corrected chi connectivity index (χ2v) is 7.26. The van der Waals surface area contributed by atoms with Gasteiger partial charge in [-0.2, -0.15) is 0 Å². The fourth-order valence-electron chi connectivity index (χ4n) is 3.65. The predicted molar refractivity (Wildman–Crippen MR) is 121 cm³/mol. The Morgan fingerprint density at radius 2 is 1.66 bits per heavy atom. The number of nitrogens with one attached hydrogen (secondary N) is 2. The number of hydrogen-bond acceptors (Lipinski definition) is 4. The number of halogens is 2. The number of benzene rings is 1. The monoisotopic (exact) mass is 438 g/mol. The second kappa shape index (κ2) is 11.8. The standard InChI is InChI=1S/C21H26N4O2.2ClH/c22-15-21(10-2-1-3-11-21)13-19(26)24-17-8-6-16(7-9-17)20(27)25-18-5-4-12-23-14-18;;/h4-9,12,14H,1-3,10-11,13,15,22H2,(H,24,26)(H,25,27);2*1H. The number of hydrogen-bond donors (Lipinski definition) is 3. The maximum absolute atomic E-state index is 12.5. The molecule has 1 aromatic heterocycles. The van der Waals surface area contributed by atoms with Gasteiger partial charge in [-0.3, -0.25) is 14.6 Å². The molecule has 3 rings (SSSR count). The SMILES string of the molecule is Cl.Cl.NCC1(CC(=O)Nc2ccc(C(=O)Nc3cccnc3)cc2)CCCCC1. The molecular weight excluding hydrogens is 411 g/mol. The Labute approximate surface area is 183 Å². The number of carbonyl (C=O) groups excluding carboxylic acids is 2. The van der Waals surface area contributed by atoms with Crippen LogP contribution < -0.4 is 16.4 Å². The number of aromatic nitrogens is 1. The average Bonchev–Trinajstić information content (AvgIpc) is 2.70. The fourth-order valence-corrected chi connectivity index (χ4v) is 3.65. The number of anilines is 2. The molecule has 1 aliphatic rings. The van der Waals surface area contributed by atoms with Crippen molar-refractivity contribution in [1.82, 2.24) is 4.98 Å². The van der Waals surface area contributed by atoms with Crippen molar-refractivity contribution >= 4 is 48.0 Å². The van der Waals surface area contributed by atoms with Gasteiger partial charge in [0, 0.05) is 23.9 Å². The Balaban J connectivity index is 0.00000210. The highest BCUT2D eigenvalue weighted by molar-refractivity contribution is 6.04. The smallest absolute Gasteiger partial charge is 0.255 e. The first kappa shape index (κ1) is 24.9. The number of nitrogens with two attached hydrogens (primary N) is 1. The summed E-state index contributed by atoms with van der Waals surface area (Å²) in [5.74, 6) is -0.236. The van der Waals surface area contributed by atoms with Crippen molar-refractivity contribution in [3.8, 4) is 0 Å². The Hall–Kier alpha value is -2.15. The molecule has 158 valence electrons. The Morgan fingerprint density at radius 3 is 2.24 bits per heavy atom. The molecule has 2 aromatic rings. The molecule has 1 fully saturated rings. The summed E-state index contributed by atoms with van der Waals surface area (Å²) in [5.41, 5.74) is 7.74. The van der Waals surface area contributed by atoms with Crippen molar-refractivity contribution in [3.05, 3.63) is 54.4 Å². The number of amides is 2. The van der Waals surface area contributed by atoms with Crippen LogP contribution >= 0.6 is 24.8 Å². The lowest BCUT2D eigenvalue weighted by Gasteiger charge is -2.35. The lowest BCUT2D eigenvalue weighted by atomic mass is 9.71. The van der Waals surface area contributed by atoms with Crippen LogP contribution in [0.1, 0.15) is 48.9 Å². The largest absolute Gasteiger partial charge is 0.330 e. The zero-order valence-corrected chi connectivity index (χ0v) is 17.9. The first-order chi connectivity index (χ1) is 13.1. The lowest BCUT2D eigenvalue weighted by molar-refractivity contribution is -0.118. The van der Waals surface area contributed by atoms with Crippen LogP contribution in [0.5, 0.6) is 0 Å². The normalized spacial score (nSPS) is 14.7. The molecule has 29 heavy (non-hydrogen) atoms. The van der Waals surface area contributed by atoms with E-state index in [4.69, 9.17) is 5.73 Å². The van der Waals surface area contributed by atoms with Gasteiger partial charge >= 0.3 is 0 Å². The van der Waals surface area contributed by atoms with Gasteiger partial charge in [0.2, 0.25) is 5.91 Å². The molecule has 0 aliphatic heterocycles. The van der Waals surface area contributed by atoms with Crippen LogP contribution in [0.15, 0.2) is 48.8 Å². The molecular formula is C21H28Cl2N4O2. The molecule has 0 spiro atoms. The van der Waals surface area contributed by atoms with Crippen molar-refractivity contribution in [2.45, 2.75) is 38.5 Å². The highest BCUT2D eigenvalue weighted by atomic mass is 35.5. The quantitative estimate of drug-likeness (QED) is 0.621. The minimum Gasteiger partial charge on any atom is -0.330 e. The van der Waals surface area contributed by atoms with Gasteiger partial charge in [-0.15, -0.1) is 24.8 Å². The van der Waals surface area contributed by atoms with E-state index in [0.717, 1.165) is 25.7 Å². The Morgan fingerprint density at radius 1 is 0.966 bits per heavy atom. The molecule has 0 bridgehead atoms. The topological polar surface area (TPSA) is 97.1 Å². The van der Waals surface area contributed by atoms with Gasteiger partial charge in [-0.05, 0) is 61.2 Å². The molecule has 8 heteroatoms. The van der Waals surface area contributed by atoms with E-state index in [0.29, 0.717) is 29.9 Å². The molecule has 1 aromatic carbocycles. The van der Waals surface area contributed by atoms with E-state index in [2.05, 4.69) is 15.6 Å².